The van der Waals surface area contributed by atoms with Gasteiger partial charge in [0, 0.05) is 17.8 Å². The Kier molecular flexibility index (Phi) is 3.49. The third kappa shape index (κ3) is 2.50. The summed E-state index contributed by atoms with van der Waals surface area (Å²) >= 11 is 1.64. The molecule has 1 aromatic rings. The fourth-order valence-corrected chi connectivity index (χ4v) is 2.76. The van der Waals surface area contributed by atoms with E-state index in [1.807, 2.05) is 5.38 Å². The topological polar surface area (TPSA) is 62.2 Å². The molecule has 1 aliphatic rings. The molecule has 94 valence electrons. The van der Waals surface area contributed by atoms with E-state index in [-0.39, 0.29) is 0 Å². The lowest BCUT2D eigenvalue weighted by molar-refractivity contribution is -0.148. The molecule has 1 saturated carbocycles. The first-order chi connectivity index (χ1) is 8.03. The molecule has 0 amide bonds. The Morgan fingerprint density at radius 3 is 2.76 bits per heavy atom. The van der Waals surface area contributed by atoms with E-state index in [9.17, 15) is 9.90 Å². The Bertz CT molecular complexity index is 410. The number of carbonyl (C=O) groups is 1. The van der Waals surface area contributed by atoms with Crippen LogP contribution in [0.15, 0.2) is 5.38 Å². The minimum Gasteiger partial charge on any atom is -0.480 e. The number of hydrogen-bond donors (Lipinski definition) is 2. The van der Waals surface area contributed by atoms with Gasteiger partial charge in [-0.1, -0.05) is 13.8 Å². The van der Waals surface area contributed by atoms with Gasteiger partial charge < -0.3 is 5.11 Å². The van der Waals surface area contributed by atoms with Crippen molar-refractivity contribution in [3.8, 4) is 0 Å². The molecular formula is C12H18N2O2S. The first kappa shape index (κ1) is 12.5. The van der Waals surface area contributed by atoms with Crippen molar-refractivity contribution in [3.63, 3.8) is 0 Å². The van der Waals surface area contributed by atoms with Crippen LogP contribution in [0.2, 0.25) is 0 Å². The molecule has 0 saturated heterocycles. The highest BCUT2D eigenvalue weighted by Gasteiger charge is 2.43. The van der Waals surface area contributed by atoms with Crippen molar-refractivity contribution in [2.24, 2.45) is 0 Å². The third-order valence-electron chi connectivity index (χ3n) is 3.29. The van der Waals surface area contributed by atoms with E-state index in [1.54, 1.807) is 11.3 Å². The summed E-state index contributed by atoms with van der Waals surface area (Å²) in [5.41, 5.74) is 0.257. The average molecular weight is 254 g/mol. The fourth-order valence-electron chi connectivity index (χ4n) is 1.93. The molecule has 1 heterocycles. The Morgan fingerprint density at radius 2 is 2.35 bits per heavy atom. The lowest BCUT2D eigenvalue weighted by atomic mass is 9.77. The Hall–Kier alpha value is -0.940. The Balaban J connectivity index is 1.95. The van der Waals surface area contributed by atoms with Crippen LogP contribution in [0.4, 0.5) is 0 Å². The molecule has 17 heavy (non-hydrogen) atoms. The second-order valence-electron chi connectivity index (χ2n) is 4.93. The van der Waals surface area contributed by atoms with Crippen LogP contribution >= 0.6 is 11.3 Å². The summed E-state index contributed by atoms with van der Waals surface area (Å²) in [7, 11) is 0. The van der Waals surface area contributed by atoms with Gasteiger partial charge in [-0.2, -0.15) is 0 Å². The van der Waals surface area contributed by atoms with Crippen molar-refractivity contribution in [3.05, 3.63) is 16.1 Å². The maximum Gasteiger partial charge on any atom is 0.323 e. The number of aromatic nitrogens is 1. The van der Waals surface area contributed by atoms with Gasteiger partial charge in [-0.05, 0) is 19.3 Å². The van der Waals surface area contributed by atoms with Gasteiger partial charge in [0.05, 0.1) is 10.7 Å². The van der Waals surface area contributed by atoms with E-state index >= 15 is 0 Å². The van der Waals surface area contributed by atoms with E-state index in [0.29, 0.717) is 12.5 Å². The van der Waals surface area contributed by atoms with Crippen LogP contribution in [0, 0.1) is 0 Å². The number of rotatable bonds is 5. The summed E-state index contributed by atoms with van der Waals surface area (Å²) in [6.45, 7) is 4.77. The fraction of sp³-hybridized carbons (Fsp3) is 0.667. The first-order valence-electron chi connectivity index (χ1n) is 5.96. The van der Waals surface area contributed by atoms with Crippen molar-refractivity contribution in [1.29, 1.82) is 0 Å². The van der Waals surface area contributed by atoms with Gasteiger partial charge in [0.25, 0.3) is 0 Å². The lowest BCUT2D eigenvalue weighted by Crippen LogP contribution is -2.56. The van der Waals surface area contributed by atoms with Gasteiger partial charge in [0.15, 0.2) is 0 Å². The first-order valence-corrected chi connectivity index (χ1v) is 6.84. The molecule has 5 heteroatoms. The summed E-state index contributed by atoms with van der Waals surface area (Å²) in [6.07, 6.45) is 2.45. The van der Waals surface area contributed by atoms with Gasteiger partial charge in [0.2, 0.25) is 0 Å². The SMILES string of the molecule is CC(C)c1nc(CNC2(C(=O)O)CCC2)cs1. The third-order valence-corrected chi connectivity index (χ3v) is 4.48. The van der Waals surface area contributed by atoms with Gasteiger partial charge in [-0.25, -0.2) is 4.98 Å². The normalized spacial score (nSPS) is 18.1. The Labute approximate surface area is 105 Å². The molecule has 1 aliphatic carbocycles. The van der Waals surface area contributed by atoms with Crippen molar-refractivity contribution in [2.75, 3.05) is 0 Å². The second-order valence-corrected chi connectivity index (χ2v) is 5.82. The molecule has 0 aromatic carbocycles. The molecule has 0 unspecified atom stereocenters. The number of carboxylic acids is 1. The molecule has 0 spiro atoms. The number of aliphatic carboxylic acids is 1. The van der Waals surface area contributed by atoms with E-state index in [4.69, 9.17) is 0 Å². The van der Waals surface area contributed by atoms with Crippen LogP contribution in [-0.4, -0.2) is 21.6 Å². The predicted molar refractivity (Wildman–Crippen MR) is 67.3 cm³/mol. The van der Waals surface area contributed by atoms with Crippen molar-refractivity contribution in [2.45, 2.75) is 51.1 Å². The van der Waals surface area contributed by atoms with E-state index in [1.165, 1.54) is 0 Å². The van der Waals surface area contributed by atoms with E-state index < -0.39 is 11.5 Å². The van der Waals surface area contributed by atoms with Gasteiger partial charge in [0.1, 0.15) is 5.54 Å². The summed E-state index contributed by atoms with van der Waals surface area (Å²) in [5, 5.41) is 15.4. The van der Waals surface area contributed by atoms with Crippen LogP contribution in [0.1, 0.15) is 49.7 Å². The average Bonchev–Trinajstić information content (AvgIpc) is 2.64. The van der Waals surface area contributed by atoms with Crippen LogP contribution < -0.4 is 5.32 Å². The largest absolute Gasteiger partial charge is 0.480 e. The molecule has 0 atom stereocenters. The molecule has 0 bridgehead atoms. The molecule has 1 aromatic heterocycles. The maximum atomic E-state index is 11.2. The zero-order valence-electron chi connectivity index (χ0n) is 10.2. The van der Waals surface area contributed by atoms with Crippen molar-refractivity contribution in [1.82, 2.24) is 10.3 Å². The highest BCUT2D eigenvalue weighted by Crippen LogP contribution is 2.32. The smallest absolute Gasteiger partial charge is 0.323 e. The summed E-state index contributed by atoms with van der Waals surface area (Å²) < 4.78 is 0. The highest BCUT2D eigenvalue weighted by atomic mass is 32.1. The number of hydrogen-bond acceptors (Lipinski definition) is 4. The van der Waals surface area contributed by atoms with E-state index in [2.05, 4.69) is 24.1 Å². The lowest BCUT2D eigenvalue weighted by Gasteiger charge is -2.38. The molecule has 4 nitrogen and oxygen atoms in total. The van der Waals surface area contributed by atoms with Crippen LogP contribution in [0.5, 0.6) is 0 Å². The van der Waals surface area contributed by atoms with Gasteiger partial charge in [-0.3, -0.25) is 10.1 Å². The zero-order valence-corrected chi connectivity index (χ0v) is 11.0. The molecular weight excluding hydrogens is 236 g/mol. The number of nitrogens with zero attached hydrogens (tertiary/aromatic N) is 1. The standard InChI is InChI=1S/C12H18N2O2S/c1-8(2)10-14-9(7-17-10)6-13-12(11(15)16)4-3-5-12/h7-8,13H,3-6H2,1-2H3,(H,15,16). The molecule has 0 aliphatic heterocycles. The van der Waals surface area contributed by atoms with Gasteiger partial charge >= 0.3 is 5.97 Å². The molecule has 2 N–H and O–H groups in total. The zero-order chi connectivity index (χ0) is 12.5. The summed E-state index contributed by atoms with van der Waals surface area (Å²) in [4.78, 5) is 15.7. The Morgan fingerprint density at radius 1 is 1.65 bits per heavy atom. The predicted octanol–water partition coefficient (Wildman–Crippen LogP) is 2.36. The van der Waals surface area contributed by atoms with Crippen molar-refractivity contribution < 1.29 is 9.90 Å². The highest BCUT2D eigenvalue weighted by molar-refractivity contribution is 7.09. The molecule has 1 fully saturated rings. The van der Waals surface area contributed by atoms with Crippen LogP contribution in [0.25, 0.3) is 0 Å². The maximum absolute atomic E-state index is 11.2. The van der Waals surface area contributed by atoms with Crippen LogP contribution in [0.3, 0.4) is 0 Å². The van der Waals surface area contributed by atoms with E-state index in [0.717, 1.165) is 30.0 Å². The second kappa shape index (κ2) is 4.74. The molecule has 2 rings (SSSR count). The number of thiazole rings is 1. The van der Waals surface area contributed by atoms with Crippen LogP contribution in [-0.2, 0) is 11.3 Å². The monoisotopic (exact) mass is 254 g/mol. The van der Waals surface area contributed by atoms with Crippen molar-refractivity contribution >= 4 is 17.3 Å². The molecule has 0 radical (unpaired) electrons. The quantitative estimate of drug-likeness (QED) is 0.846. The summed E-state index contributed by atoms with van der Waals surface area (Å²) in [5.74, 6) is -0.297. The minimum absolute atomic E-state index is 0.436. The minimum atomic E-state index is -0.733. The number of carboxylic acid groups (broad SMARTS) is 1. The number of nitrogens with one attached hydrogen (secondary N) is 1. The summed E-state index contributed by atoms with van der Waals surface area (Å²) in [6, 6.07) is 0. The van der Waals surface area contributed by atoms with Gasteiger partial charge in [-0.15, -0.1) is 11.3 Å².